The number of nitrogens with zero attached hydrogens (tertiary/aromatic N) is 2. The predicted octanol–water partition coefficient (Wildman–Crippen LogP) is 4.97. The molecule has 0 saturated heterocycles. The highest BCUT2D eigenvalue weighted by atomic mass is 16.3. The summed E-state index contributed by atoms with van der Waals surface area (Å²) >= 11 is 0. The first kappa shape index (κ1) is 13.0. The smallest absolute Gasteiger partial charge is 0.164 e. The molecule has 0 aliphatic rings. The number of rotatable bonds is 1. The Morgan fingerprint density at radius 1 is 0.955 bits per heavy atom. The summed E-state index contributed by atoms with van der Waals surface area (Å²) in [5.41, 5.74) is 7.04. The third-order valence-electron chi connectivity index (χ3n) is 3.84. The van der Waals surface area contributed by atoms with Crippen molar-refractivity contribution in [3.8, 4) is 11.3 Å². The Bertz CT molecular complexity index is 994. The Morgan fingerprint density at radius 2 is 1.73 bits per heavy atom. The van der Waals surface area contributed by atoms with Crippen molar-refractivity contribution in [2.75, 3.05) is 0 Å². The van der Waals surface area contributed by atoms with Crippen LogP contribution in [0.1, 0.15) is 16.9 Å². The normalized spacial score (nSPS) is 11.4. The molecule has 0 unspecified atom stereocenters. The van der Waals surface area contributed by atoms with Gasteiger partial charge in [0, 0.05) is 17.1 Å². The van der Waals surface area contributed by atoms with Gasteiger partial charge in [-0.2, -0.15) is 0 Å². The summed E-state index contributed by atoms with van der Waals surface area (Å²) in [4.78, 5) is 9.28. The standard InChI is InChI=1S/C19H16N2O/c1-11-7-12(2)9-14(8-11)17-15-10-13(3)22-19(15)18-16(21-17)5-4-6-20-18/h4-10H,1-3H3. The summed E-state index contributed by atoms with van der Waals surface area (Å²) in [6.07, 6.45) is 1.78. The number of fused-ring (bicyclic) bond motifs is 3. The fourth-order valence-electron chi connectivity index (χ4n) is 3.04. The third-order valence-corrected chi connectivity index (χ3v) is 3.84. The van der Waals surface area contributed by atoms with E-state index in [4.69, 9.17) is 9.40 Å². The molecule has 0 spiro atoms. The molecule has 0 amide bonds. The molecule has 0 bridgehead atoms. The molecule has 0 saturated carbocycles. The first-order valence-corrected chi connectivity index (χ1v) is 7.35. The fourth-order valence-corrected chi connectivity index (χ4v) is 3.04. The average Bonchev–Trinajstić information content (AvgIpc) is 2.87. The van der Waals surface area contributed by atoms with E-state index in [0.717, 1.165) is 39.0 Å². The molecule has 0 fully saturated rings. The summed E-state index contributed by atoms with van der Waals surface area (Å²) in [5.74, 6) is 0.876. The van der Waals surface area contributed by atoms with Gasteiger partial charge in [0.25, 0.3) is 0 Å². The summed E-state index contributed by atoms with van der Waals surface area (Å²) in [5, 5.41) is 1.02. The minimum absolute atomic E-state index is 0.817. The van der Waals surface area contributed by atoms with E-state index in [0.29, 0.717) is 0 Å². The largest absolute Gasteiger partial charge is 0.459 e. The van der Waals surface area contributed by atoms with Crippen molar-refractivity contribution in [2.45, 2.75) is 20.8 Å². The van der Waals surface area contributed by atoms with Gasteiger partial charge in [-0.05, 0) is 51.1 Å². The number of pyridine rings is 2. The lowest BCUT2D eigenvalue weighted by molar-refractivity contribution is 0.580. The zero-order chi connectivity index (χ0) is 15.3. The highest BCUT2D eigenvalue weighted by molar-refractivity contribution is 6.06. The van der Waals surface area contributed by atoms with E-state index >= 15 is 0 Å². The Labute approximate surface area is 128 Å². The van der Waals surface area contributed by atoms with Crippen molar-refractivity contribution < 1.29 is 4.42 Å². The Hall–Kier alpha value is -2.68. The van der Waals surface area contributed by atoms with Crippen LogP contribution in [0.5, 0.6) is 0 Å². The van der Waals surface area contributed by atoms with E-state index in [9.17, 15) is 0 Å². The molecule has 1 aromatic carbocycles. The van der Waals surface area contributed by atoms with Crippen molar-refractivity contribution in [2.24, 2.45) is 0 Å². The molecule has 0 atom stereocenters. The van der Waals surface area contributed by atoms with Crippen LogP contribution in [0.3, 0.4) is 0 Å². The van der Waals surface area contributed by atoms with Crippen molar-refractivity contribution in [1.29, 1.82) is 0 Å². The van der Waals surface area contributed by atoms with Gasteiger partial charge in [-0.15, -0.1) is 0 Å². The molecule has 0 aliphatic heterocycles. The maximum absolute atomic E-state index is 5.90. The highest BCUT2D eigenvalue weighted by Gasteiger charge is 2.15. The van der Waals surface area contributed by atoms with Crippen LogP contribution in [0.4, 0.5) is 0 Å². The number of benzene rings is 1. The van der Waals surface area contributed by atoms with Crippen molar-refractivity contribution in [3.05, 3.63) is 59.5 Å². The minimum Gasteiger partial charge on any atom is -0.459 e. The Morgan fingerprint density at radius 3 is 2.50 bits per heavy atom. The lowest BCUT2D eigenvalue weighted by Gasteiger charge is -2.07. The number of furan rings is 1. The second kappa shape index (κ2) is 4.67. The van der Waals surface area contributed by atoms with Crippen LogP contribution < -0.4 is 0 Å². The van der Waals surface area contributed by atoms with E-state index < -0.39 is 0 Å². The second-order valence-corrected chi connectivity index (χ2v) is 5.81. The third kappa shape index (κ3) is 1.98. The number of aromatic nitrogens is 2. The molecule has 4 aromatic rings. The average molecular weight is 288 g/mol. The molecule has 0 aliphatic carbocycles. The molecule has 0 radical (unpaired) electrons. The summed E-state index contributed by atoms with van der Waals surface area (Å²) < 4.78 is 5.90. The maximum atomic E-state index is 5.90. The van der Waals surface area contributed by atoms with Gasteiger partial charge in [-0.1, -0.05) is 17.2 Å². The van der Waals surface area contributed by atoms with Crippen LogP contribution in [0.25, 0.3) is 33.3 Å². The highest BCUT2D eigenvalue weighted by Crippen LogP contribution is 2.34. The van der Waals surface area contributed by atoms with Crippen molar-refractivity contribution in [1.82, 2.24) is 9.97 Å². The predicted molar refractivity (Wildman–Crippen MR) is 89.0 cm³/mol. The molecule has 4 rings (SSSR count). The lowest BCUT2D eigenvalue weighted by Crippen LogP contribution is -1.90. The van der Waals surface area contributed by atoms with Gasteiger partial charge < -0.3 is 4.42 Å². The Kier molecular flexibility index (Phi) is 2.76. The molecule has 3 heteroatoms. The van der Waals surface area contributed by atoms with Crippen LogP contribution in [-0.2, 0) is 0 Å². The molecular formula is C19H16N2O. The van der Waals surface area contributed by atoms with E-state index in [1.54, 1.807) is 6.20 Å². The molecule has 22 heavy (non-hydrogen) atoms. The molecule has 108 valence electrons. The zero-order valence-electron chi connectivity index (χ0n) is 12.8. The zero-order valence-corrected chi connectivity index (χ0v) is 12.8. The molecule has 0 N–H and O–H groups in total. The number of hydrogen-bond donors (Lipinski definition) is 0. The van der Waals surface area contributed by atoms with Crippen LogP contribution in [0, 0.1) is 20.8 Å². The van der Waals surface area contributed by atoms with Gasteiger partial charge in [0.2, 0.25) is 0 Å². The van der Waals surface area contributed by atoms with Gasteiger partial charge in [0.15, 0.2) is 5.58 Å². The van der Waals surface area contributed by atoms with Crippen LogP contribution in [-0.4, -0.2) is 9.97 Å². The summed E-state index contributed by atoms with van der Waals surface area (Å²) in [6, 6.07) is 12.4. The minimum atomic E-state index is 0.817. The second-order valence-electron chi connectivity index (χ2n) is 5.81. The maximum Gasteiger partial charge on any atom is 0.164 e. The Balaban J connectivity index is 2.15. The fraction of sp³-hybridized carbons (Fsp3) is 0.158. The number of aryl methyl sites for hydroxylation is 3. The lowest BCUT2D eigenvalue weighted by atomic mass is 10.0. The summed E-state index contributed by atoms with van der Waals surface area (Å²) in [6.45, 7) is 6.17. The van der Waals surface area contributed by atoms with Gasteiger partial charge >= 0.3 is 0 Å². The topological polar surface area (TPSA) is 38.9 Å². The van der Waals surface area contributed by atoms with Gasteiger partial charge in [-0.25, -0.2) is 4.98 Å². The van der Waals surface area contributed by atoms with Gasteiger partial charge in [0.05, 0.1) is 11.2 Å². The molecule has 3 aromatic heterocycles. The van der Waals surface area contributed by atoms with E-state index in [1.165, 1.54) is 11.1 Å². The van der Waals surface area contributed by atoms with Crippen molar-refractivity contribution >= 4 is 22.0 Å². The SMILES string of the molecule is Cc1cc(C)cc(-c2nc3cccnc3c3oc(C)cc23)c1. The monoisotopic (exact) mass is 288 g/mol. The number of hydrogen-bond acceptors (Lipinski definition) is 3. The first-order valence-electron chi connectivity index (χ1n) is 7.35. The van der Waals surface area contributed by atoms with E-state index in [2.05, 4.69) is 37.0 Å². The van der Waals surface area contributed by atoms with Gasteiger partial charge in [0.1, 0.15) is 11.3 Å². The quantitative estimate of drug-likeness (QED) is 0.496. The van der Waals surface area contributed by atoms with E-state index in [1.807, 2.05) is 25.1 Å². The van der Waals surface area contributed by atoms with Crippen LogP contribution in [0.15, 0.2) is 47.0 Å². The molecule has 3 nitrogen and oxygen atoms in total. The summed E-state index contributed by atoms with van der Waals surface area (Å²) in [7, 11) is 0. The van der Waals surface area contributed by atoms with Crippen molar-refractivity contribution in [3.63, 3.8) is 0 Å². The van der Waals surface area contributed by atoms with Crippen LogP contribution in [0.2, 0.25) is 0 Å². The molecule has 3 heterocycles. The van der Waals surface area contributed by atoms with Crippen LogP contribution >= 0.6 is 0 Å². The first-order chi connectivity index (χ1) is 10.6. The van der Waals surface area contributed by atoms with E-state index in [-0.39, 0.29) is 0 Å². The molecular weight excluding hydrogens is 272 g/mol. The van der Waals surface area contributed by atoms with Gasteiger partial charge in [-0.3, -0.25) is 4.98 Å².